The Kier molecular flexibility index (Phi) is 2.34. The van der Waals surface area contributed by atoms with Crippen LogP contribution in [0.1, 0.15) is 18.4 Å². The van der Waals surface area contributed by atoms with Crippen molar-refractivity contribution in [3.05, 3.63) is 35.9 Å². The number of rotatable bonds is 4. The van der Waals surface area contributed by atoms with Crippen LogP contribution in [0.5, 0.6) is 0 Å². The monoisotopic (exact) mass is 178 g/mol. The van der Waals surface area contributed by atoms with Crippen molar-refractivity contribution >= 4 is 0 Å². The summed E-state index contributed by atoms with van der Waals surface area (Å²) in [4.78, 5) is 0. The van der Waals surface area contributed by atoms with Crippen LogP contribution in [-0.4, -0.2) is 17.3 Å². The highest BCUT2D eigenvalue weighted by molar-refractivity contribution is 5.13. The highest BCUT2D eigenvalue weighted by Crippen LogP contribution is 2.35. The van der Waals surface area contributed by atoms with E-state index in [1.54, 1.807) is 0 Å². The summed E-state index contributed by atoms with van der Waals surface area (Å²) in [6.07, 6.45) is 1.78. The van der Waals surface area contributed by atoms with Gasteiger partial charge in [-0.25, -0.2) is 0 Å². The minimum Gasteiger partial charge on any atom is -0.387 e. The first kappa shape index (κ1) is 8.73. The van der Waals surface area contributed by atoms with E-state index in [0.717, 1.165) is 18.4 Å². The third kappa shape index (κ3) is 2.54. The van der Waals surface area contributed by atoms with Crippen molar-refractivity contribution in [3.8, 4) is 0 Å². The molecular formula is C11H14O2. The molecule has 0 unspecified atom stereocenters. The minimum absolute atomic E-state index is 0.474. The second-order valence-corrected chi connectivity index (χ2v) is 3.70. The van der Waals surface area contributed by atoms with Crippen molar-refractivity contribution in [2.75, 3.05) is 6.61 Å². The van der Waals surface area contributed by atoms with Crippen molar-refractivity contribution in [2.45, 2.75) is 25.0 Å². The van der Waals surface area contributed by atoms with Crippen molar-refractivity contribution in [1.29, 1.82) is 0 Å². The Morgan fingerprint density at radius 1 is 1.23 bits per heavy atom. The molecule has 1 aliphatic rings. The minimum atomic E-state index is -0.491. The molecule has 1 fully saturated rings. The fourth-order valence-corrected chi connectivity index (χ4v) is 1.22. The predicted octanol–water partition coefficient (Wildman–Crippen LogP) is 1.73. The lowest BCUT2D eigenvalue weighted by atomic mass is 10.2. The van der Waals surface area contributed by atoms with E-state index in [4.69, 9.17) is 4.74 Å². The van der Waals surface area contributed by atoms with Gasteiger partial charge in [0.25, 0.3) is 0 Å². The highest BCUT2D eigenvalue weighted by Gasteiger charge is 2.40. The second-order valence-electron chi connectivity index (χ2n) is 3.70. The number of hydrogen-bond acceptors (Lipinski definition) is 2. The molecule has 0 saturated heterocycles. The number of aliphatic hydroxyl groups is 1. The van der Waals surface area contributed by atoms with Gasteiger partial charge in [0.05, 0.1) is 18.8 Å². The van der Waals surface area contributed by atoms with Gasteiger partial charge in [0.2, 0.25) is 0 Å². The summed E-state index contributed by atoms with van der Waals surface area (Å²) >= 11 is 0. The summed E-state index contributed by atoms with van der Waals surface area (Å²) in [6.45, 7) is 1.07. The largest absolute Gasteiger partial charge is 0.387 e. The molecule has 70 valence electrons. The van der Waals surface area contributed by atoms with Crippen LogP contribution < -0.4 is 0 Å². The van der Waals surface area contributed by atoms with Crippen LogP contribution in [0.4, 0.5) is 0 Å². The molecule has 1 saturated carbocycles. The zero-order valence-corrected chi connectivity index (χ0v) is 7.57. The fraction of sp³-hybridized carbons (Fsp3) is 0.455. The summed E-state index contributed by atoms with van der Waals surface area (Å²) in [5.74, 6) is 0. The number of ether oxygens (including phenoxy) is 1. The Labute approximate surface area is 78.2 Å². The van der Waals surface area contributed by atoms with Gasteiger partial charge < -0.3 is 9.84 Å². The molecule has 0 bridgehead atoms. The van der Waals surface area contributed by atoms with E-state index in [2.05, 4.69) is 0 Å². The first-order chi connectivity index (χ1) is 6.29. The molecule has 1 N–H and O–H groups in total. The van der Waals surface area contributed by atoms with E-state index in [-0.39, 0.29) is 0 Å². The molecule has 1 aromatic carbocycles. The van der Waals surface area contributed by atoms with E-state index >= 15 is 0 Å². The molecule has 0 amide bonds. The molecule has 2 nitrogen and oxygen atoms in total. The van der Waals surface area contributed by atoms with Crippen LogP contribution in [0, 0.1) is 0 Å². The molecule has 2 rings (SSSR count). The molecule has 1 aliphatic carbocycles. The van der Waals surface area contributed by atoms with Crippen LogP contribution in [0.15, 0.2) is 30.3 Å². The van der Waals surface area contributed by atoms with E-state index in [1.807, 2.05) is 30.3 Å². The zero-order chi connectivity index (χ0) is 9.15. The molecule has 0 radical (unpaired) electrons. The van der Waals surface area contributed by atoms with Gasteiger partial charge in [0, 0.05) is 0 Å². The molecule has 2 heteroatoms. The molecule has 0 atom stereocenters. The van der Waals surface area contributed by atoms with Gasteiger partial charge in [-0.15, -0.1) is 0 Å². The number of benzene rings is 1. The van der Waals surface area contributed by atoms with E-state index in [0.29, 0.717) is 13.2 Å². The van der Waals surface area contributed by atoms with Crippen LogP contribution in [0.25, 0.3) is 0 Å². The molecule has 0 spiro atoms. The van der Waals surface area contributed by atoms with Crippen LogP contribution >= 0.6 is 0 Å². The van der Waals surface area contributed by atoms with Gasteiger partial charge in [0.1, 0.15) is 0 Å². The first-order valence-corrected chi connectivity index (χ1v) is 4.63. The van der Waals surface area contributed by atoms with Gasteiger partial charge in [-0.3, -0.25) is 0 Å². The number of hydrogen-bond donors (Lipinski definition) is 1. The first-order valence-electron chi connectivity index (χ1n) is 4.63. The zero-order valence-electron chi connectivity index (χ0n) is 7.57. The maximum absolute atomic E-state index is 9.48. The van der Waals surface area contributed by atoms with Gasteiger partial charge in [-0.2, -0.15) is 0 Å². The molecule has 0 aliphatic heterocycles. The Balaban J connectivity index is 1.74. The lowest BCUT2D eigenvalue weighted by molar-refractivity contribution is 0.0131. The summed E-state index contributed by atoms with van der Waals surface area (Å²) in [6, 6.07) is 10.0. The quantitative estimate of drug-likeness (QED) is 0.760. The smallest absolute Gasteiger partial charge is 0.0882 e. The van der Waals surface area contributed by atoms with E-state index in [1.165, 1.54) is 0 Å². The topological polar surface area (TPSA) is 29.5 Å². The standard InChI is InChI=1S/C11H14O2/c12-11(6-7-11)9-13-8-10-4-2-1-3-5-10/h1-5,12H,6-9H2. The van der Waals surface area contributed by atoms with E-state index < -0.39 is 5.60 Å². The summed E-state index contributed by atoms with van der Waals surface area (Å²) in [5.41, 5.74) is 0.668. The van der Waals surface area contributed by atoms with Crippen molar-refractivity contribution < 1.29 is 9.84 Å². The Hall–Kier alpha value is -0.860. The van der Waals surface area contributed by atoms with Crippen molar-refractivity contribution in [1.82, 2.24) is 0 Å². The molecular weight excluding hydrogens is 164 g/mol. The SMILES string of the molecule is OC1(COCc2ccccc2)CC1. The van der Waals surface area contributed by atoms with E-state index in [9.17, 15) is 5.11 Å². The molecule has 1 aromatic rings. The normalized spacial score (nSPS) is 18.5. The summed E-state index contributed by atoms with van der Waals surface area (Å²) in [5, 5.41) is 9.48. The maximum Gasteiger partial charge on any atom is 0.0882 e. The molecule has 13 heavy (non-hydrogen) atoms. The third-order valence-corrected chi connectivity index (χ3v) is 2.31. The van der Waals surface area contributed by atoms with Gasteiger partial charge >= 0.3 is 0 Å². The van der Waals surface area contributed by atoms with Crippen LogP contribution in [0.2, 0.25) is 0 Å². The maximum atomic E-state index is 9.48. The van der Waals surface area contributed by atoms with Crippen LogP contribution in [-0.2, 0) is 11.3 Å². The third-order valence-electron chi connectivity index (χ3n) is 2.31. The lowest BCUT2D eigenvalue weighted by Crippen LogP contribution is -2.15. The summed E-state index contributed by atoms with van der Waals surface area (Å²) < 4.78 is 5.40. The Bertz CT molecular complexity index is 265. The Morgan fingerprint density at radius 2 is 1.92 bits per heavy atom. The fourth-order valence-electron chi connectivity index (χ4n) is 1.22. The van der Waals surface area contributed by atoms with Gasteiger partial charge in [-0.1, -0.05) is 30.3 Å². The van der Waals surface area contributed by atoms with Crippen molar-refractivity contribution in [2.24, 2.45) is 0 Å². The molecule has 0 aromatic heterocycles. The van der Waals surface area contributed by atoms with Crippen LogP contribution in [0.3, 0.4) is 0 Å². The average Bonchev–Trinajstić information content (AvgIpc) is 2.86. The predicted molar refractivity (Wildman–Crippen MR) is 50.3 cm³/mol. The highest BCUT2D eigenvalue weighted by atomic mass is 16.5. The summed E-state index contributed by atoms with van der Waals surface area (Å²) in [7, 11) is 0. The lowest BCUT2D eigenvalue weighted by Gasteiger charge is -2.08. The van der Waals surface area contributed by atoms with Gasteiger partial charge in [0.15, 0.2) is 0 Å². The van der Waals surface area contributed by atoms with Gasteiger partial charge in [-0.05, 0) is 18.4 Å². The Morgan fingerprint density at radius 3 is 2.54 bits per heavy atom. The van der Waals surface area contributed by atoms with Crippen molar-refractivity contribution in [3.63, 3.8) is 0 Å². The second kappa shape index (κ2) is 3.48. The average molecular weight is 178 g/mol. The molecule has 0 heterocycles.